The second-order valence-electron chi connectivity index (χ2n) is 5.55. The van der Waals surface area contributed by atoms with Crippen molar-refractivity contribution in [2.24, 2.45) is 5.73 Å². The predicted molar refractivity (Wildman–Crippen MR) is 93.2 cm³/mol. The fraction of sp³-hybridized carbons (Fsp3) is 0.529. The van der Waals surface area contributed by atoms with Crippen LogP contribution in [0.5, 0.6) is 5.75 Å². The molecule has 0 saturated carbocycles. The average Bonchev–Trinajstić information content (AvgIpc) is 2.57. The van der Waals surface area contributed by atoms with Crippen LogP contribution in [0.2, 0.25) is 0 Å². The van der Waals surface area contributed by atoms with E-state index in [9.17, 15) is 14.7 Å². The Hall–Kier alpha value is -2.12. The molecule has 0 aliphatic rings. The van der Waals surface area contributed by atoms with E-state index in [2.05, 4.69) is 17.7 Å². The number of nitrogens with two attached hydrogens (primary N) is 1. The van der Waals surface area contributed by atoms with Gasteiger partial charge in [0.15, 0.2) is 0 Å². The minimum atomic E-state index is -0.596. The Kier molecular flexibility index (Phi) is 9.48. The third kappa shape index (κ3) is 6.97. The first-order chi connectivity index (χ1) is 11.6. The SMILES string of the molecule is CCCCCCCCNN(C(=O)NCN)C(=O)c1ccc(O)cc1. The van der Waals surface area contributed by atoms with Crippen molar-refractivity contribution in [3.05, 3.63) is 29.8 Å². The normalized spacial score (nSPS) is 10.4. The number of hydrogen-bond acceptors (Lipinski definition) is 5. The van der Waals surface area contributed by atoms with Crippen molar-refractivity contribution in [1.82, 2.24) is 15.8 Å². The van der Waals surface area contributed by atoms with Crippen molar-refractivity contribution in [2.45, 2.75) is 45.4 Å². The van der Waals surface area contributed by atoms with Crippen LogP contribution in [-0.4, -0.2) is 35.3 Å². The van der Waals surface area contributed by atoms with Gasteiger partial charge in [-0.3, -0.25) is 4.79 Å². The van der Waals surface area contributed by atoms with Gasteiger partial charge in [-0.15, -0.1) is 0 Å². The highest BCUT2D eigenvalue weighted by Gasteiger charge is 2.22. The van der Waals surface area contributed by atoms with Gasteiger partial charge in [-0.25, -0.2) is 10.2 Å². The summed E-state index contributed by atoms with van der Waals surface area (Å²) < 4.78 is 0. The van der Waals surface area contributed by atoms with Crippen LogP contribution in [0.3, 0.4) is 0 Å². The second kappa shape index (κ2) is 11.4. The number of hydrogen-bond donors (Lipinski definition) is 4. The summed E-state index contributed by atoms with van der Waals surface area (Å²) in [7, 11) is 0. The van der Waals surface area contributed by atoms with Gasteiger partial charge in [0.05, 0.1) is 6.67 Å². The summed E-state index contributed by atoms with van der Waals surface area (Å²) in [4.78, 5) is 24.5. The molecule has 0 heterocycles. The van der Waals surface area contributed by atoms with Crippen LogP contribution >= 0.6 is 0 Å². The molecule has 0 radical (unpaired) electrons. The van der Waals surface area contributed by atoms with E-state index in [0.29, 0.717) is 12.1 Å². The summed E-state index contributed by atoms with van der Waals surface area (Å²) in [5.41, 5.74) is 8.48. The molecule has 0 aliphatic heterocycles. The van der Waals surface area contributed by atoms with Crippen LogP contribution in [0, 0.1) is 0 Å². The van der Waals surface area contributed by atoms with Crippen molar-refractivity contribution in [2.75, 3.05) is 13.2 Å². The molecular formula is C17H28N4O3. The van der Waals surface area contributed by atoms with Gasteiger partial charge in [0.25, 0.3) is 5.91 Å². The van der Waals surface area contributed by atoms with E-state index in [-0.39, 0.29) is 12.4 Å². The first-order valence-electron chi connectivity index (χ1n) is 8.45. The first-order valence-corrected chi connectivity index (χ1v) is 8.45. The van der Waals surface area contributed by atoms with Gasteiger partial charge in [0, 0.05) is 12.1 Å². The topological polar surface area (TPSA) is 108 Å². The van der Waals surface area contributed by atoms with Crippen molar-refractivity contribution < 1.29 is 14.7 Å². The molecule has 1 aromatic rings. The zero-order valence-electron chi connectivity index (χ0n) is 14.3. The molecule has 134 valence electrons. The number of carbonyl (C=O) groups is 2. The number of urea groups is 1. The molecule has 0 bridgehead atoms. The maximum absolute atomic E-state index is 12.5. The lowest BCUT2D eigenvalue weighted by Crippen LogP contribution is -2.52. The number of amides is 3. The molecular weight excluding hydrogens is 308 g/mol. The van der Waals surface area contributed by atoms with Gasteiger partial charge in [-0.2, -0.15) is 5.01 Å². The number of hydrazine groups is 1. The molecule has 24 heavy (non-hydrogen) atoms. The van der Waals surface area contributed by atoms with E-state index in [0.717, 1.165) is 24.3 Å². The lowest BCUT2D eigenvalue weighted by molar-refractivity contribution is 0.0726. The van der Waals surface area contributed by atoms with Gasteiger partial charge < -0.3 is 16.2 Å². The van der Waals surface area contributed by atoms with Crippen LogP contribution in [0.4, 0.5) is 4.79 Å². The molecule has 0 aliphatic carbocycles. The fourth-order valence-corrected chi connectivity index (χ4v) is 2.23. The lowest BCUT2D eigenvalue weighted by Gasteiger charge is -2.21. The highest BCUT2D eigenvalue weighted by Crippen LogP contribution is 2.11. The molecule has 7 nitrogen and oxygen atoms in total. The number of aromatic hydroxyl groups is 1. The Balaban J connectivity index is 2.55. The third-order valence-corrected chi connectivity index (χ3v) is 3.57. The van der Waals surface area contributed by atoms with Gasteiger partial charge in [0.2, 0.25) is 0 Å². The number of unbranched alkanes of at least 4 members (excludes halogenated alkanes) is 5. The molecule has 0 spiro atoms. The molecule has 0 aromatic heterocycles. The summed E-state index contributed by atoms with van der Waals surface area (Å²) in [6, 6.07) is 5.14. The van der Waals surface area contributed by atoms with Crippen molar-refractivity contribution in [1.29, 1.82) is 0 Å². The average molecular weight is 336 g/mol. The predicted octanol–water partition coefficient (Wildman–Crippen LogP) is 2.33. The quantitative estimate of drug-likeness (QED) is 0.298. The number of rotatable bonds is 10. The summed E-state index contributed by atoms with van der Waals surface area (Å²) in [5.74, 6) is -0.434. The number of carbonyl (C=O) groups excluding carboxylic acids is 2. The standard InChI is InChI=1S/C17H28N4O3/c1-2-3-4-5-6-7-12-20-21(17(24)19-13-18)16(23)14-8-10-15(22)11-9-14/h8-11,20,22H,2-7,12-13,18H2,1H3,(H,19,24). The minimum Gasteiger partial charge on any atom is -0.508 e. The number of benzene rings is 1. The van der Waals surface area contributed by atoms with E-state index in [4.69, 9.17) is 5.73 Å². The third-order valence-electron chi connectivity index (χ3n) is 3.57. The number of nitrogens with zero attached hydrogens (tertiary/aromatic N) is 1. The summed E-state index contributed by atoms with van der Waals surface area (Å²) in [5, 5.41) is 12.6. The van der Waals surface area contributed by atoms with E-state index >= 15 is 0 Å². The van der Waals surface area contributed by atoms with Gasteiger partial charge in [-0.1, -0.05) is 39.0 Å². The van der Waals surface area contributed by atoms with Crippen LogP contribution in [0.15, 0.2) is 24.3 Å². The Morgan fingerprint density at radius 3 is 2.33 bits per heavy atom. The van der Waals surface area contributed by atoms with Gasteiger partial charge in [0.1, 0.15) is 5.75 Å². The van der Waals surface area contributed by atoms with E-state index in [1.807, 2.05) is 0 Å². The Morgan fingerprint density at radius 1 is 1.08 bits per heavy atom. The van der Waals surface area contributed by atoms with Crippen LogP contribution in [0.25, 0.3) is 0 Å². The number of phenolic OH excluding ortho intramolecular Hbond substituents is 1. The van der Waals surface area contributed by atoms with E-state index < -0.39 is 11.9 Å². The van der Waals surface area contributed by atoms with Crippen molar-refractivity contribution in [3.63, 3.8) is 0 Å². The van der Waals surface area contributed by atoms with E-state index in [1.165, 1.54) is 43.5 Å². The summed E-state index contributed by atoms with van der Waals surface area (Å²) >= 11 is 0. The number of phenols is 1. The smallest absolute Gasteiger partial charge is 0.340 e. The maximum Gasteiger partial charge on any atom is 0.340 e. The molecule has 0 saturated heterocycles. The highest BCUT2D eigenvalue weighted by molar-refractivity contribution is 6.03. The molecule has 1 rings (SSSR count). The van der Waals surface area contributed by atoms with E-state index in [1.54, 1.807) is 0 Å². The number of imide groups is 1. The molecule has 0 fully saturated rings. The van der Waals surface area contributed by atoms with Crippen molar-refractivity contribution in [3.8, 4) is 5.75 Å². The fourth-order valence-electron chi connectivity index (χ4n) is 2.23. The Bertz CT molecular complexity index is 505. The highest BCUT2D eigenvalue weighted by atomic mass is 16.3. The number of nitrogens with one attached hydrogen (secondary N) is 2. The zero-order chi connectivity index (χ0) is 17.8. The molecule has 0 atom stereocenters. The minimum absolute atomic E-state index is 0.0586. The Morgan fingerprint density at radius 2 is 1.71 bits per heavy atom. The molecule has 1 aromatic carbocycles. The Labute approximate surface area is 143 Å². The monoisotopic (exact) mass is 336 g/mol. The van der Waals surface area contributed by atoms with Crippen molar-refractivity contribution >= 4 is 11.9 Å². The lowest BCUT2D eigenvalue weighted by atomic mass is 10.1. The first kappa shape index (κ1) is 19.9. The van der Waals surface area contributed by atoms with Crippen LogP contribution in [0.1, 0.15) is 55.8 Å². The largest absolute Gasteiger partial charge is 0.508 e. The maximum atomic E-state index is 12.5. The summed E-state index contributed by atoms with van der Waals surface area (Å²) in [6.45, 7) is 2.63. The van der Waals surface area contributed by atoms with Crippen LogP contribution in [-0.2, 0) is 0 Å². The summed E-state index contributed by atoms with van der Waals surface area (Å²) in [6.07, 6.45) is 6.71. The zero-order valence-corrected chi connectivity index (χ0v) is 14.3. The van der Waals surface area contributed by atoms with Gasteiger partial charge >= 0.3 is 6.03 Å². The molecule has 3 amide bonds. The molecule has 5 N–H and O–H groups in total. The van der Waals surface area contributed by atoms with Crippen LogP contribution < -0.4 is 16.5 Å². The molecule has 7 heteroatoms. The molecule has 0 unspecified atom stereocenters. The second-order valence-corrected chi connectivity index (χ2v) is 5.55. The van der Waals surface area contributed by atoms with Gasteiger partial charge in [-0.05, 0) is 30.7 Å².